The predicted molar refractivity (Wildman–Crippen MR) is 232 cm³/mol. The fraction of sp³-hybridized carbons (Fsp3) is 0.667. The molecule has 0 aliphatic rings. The second-order valence-electron chi connectivity index (χ2n) is 15.5. The number of aliphatic carboxylic acids is 1. The van der Waals surface area contributed by atoms with Crippen molar-refractivity contribution in [2.24, 2.45) is 0 Å². The van der Waals surface area contributed by atoms with Crippen LogP contribution in [-0.2, 0) is 23.8 Å². The lowest BCUT2D eigenvalue weighted by molar-refractivity contribution is -0.870. The summed E-state index contributed by atoms with van der Waals surface area (Å²) in [4.78, 5) is 23.2. The highest BCUT2D eigenvalue weighted by Gasteiger charge is 2.17. The van der Waals surface area contributed by atoms with E-state index in [0.717, 1.165) is 64.2 Å². The number of carboxylic acid groups (broad SMARTS) is 1. The predicted octanol–water partition coefficient (Wildman–Crippen LogP) is 10.2. The minimum absolute atomic E-state index is 0.167. The Morgan fingerprint density at radius 3 is 1.36 bits per heavy atom. The van der Waals surface area contributed by atoms with Crippen molar-refractivity contribution in [2.45, 2.75) is 161 Å². The number of nitrogens with zero attached hydrogens (tertiary/aromatic N) is 1. The number of rotatable bonds is 39. The Morgan fingerprint density at radius 1 is 0.554 bits per heavy atom. The average Bonchev–Trinajstić information content (AvgIpc) is 3.16. The molecule has 8 heteroatoms. The molecule has 0 aromatic rings. The van der Waals surface area contributed by atoms with Crippen molar-refractivity contribution in [3.63, 3.8) is 0 Å². The van der Waals surface area contributed by atoms with Gasteiger partial charge in [0, 0.05) is 6.42 Å². The molecule has 2 atom stereocenters. The van der Waals surface area contributed by atoms with Gasteiger partial charge in [-0.05, 0) is 64.2 Å². The molecule has 56 heavy (non-hydrogen) atoms. The lowest BCUT2D eigenvalue weighted by Gasteiger charge is -2.26. The van der Waals surface area contributed by atoms with Gasteiger partial charge in [0.15, 0.2) is 6.29 Å². The number of allylic oxidation sites excluding steroid dienone is 14. The van der Waals surface area contributed by atoms with E-state index in [9.17, 15) is 19.8 Å². The highest BCUT2D eigenvalue weighted by molar-refractivity contribution is 5.69. The van der Waals surface area contributed by atoms with Crippen molar-refractivity contribution in [2.75, 3.05) is 47.5 Å². The maximum atomic E-state index is 12.0. The van der Waals surface area contributed by atoms with Crippen LogP contribution in [0.3, 0.4) is 0 Å². The number of hydrogen-bond donors (Lipinski definition) is 1. The van der Waals surface area contributed by atoms with E-state index in [2.05, 4.69) is 92.0 Å². The first kappa shape index (κ1) is 53.0. The number of unbranched alkanes of at least 4 members (excludes halogenated alkanes) is 13. The monoisotopic (exact) mass is 784 g/mol. The van der Waals surface area contributed by atoms with Crippen molar-refractivity contribution >= 4 is 11.9 Å². The smallest absolute Gasteiger partial charge is 0.305 e. The Labute approximate surface area is 342 Å². The summed E-state index contributed by atoms with van der Waals surface area (Å²) in [6.45, 7) is 2.33. The van der Waals surface area contributed by atoms with E-state index in [0.29, 0.717) is 17.4 Å². The van der Waals surface area contributed by atoms with Crippen LogP contribution in [0.15, 0.2) is 85.1 Å². The van der Waals surface area contributed by atoms with Gasteiger partial charge in [0.2, 0.25) is 0 Å². The van der Waals surface area contributed by atoms with Crippen molar-refractivity contribution in [1.29, 1.82) is 0 Å². The summed E-state index contributed by atoms with van der Waals surface area (Å²) >= 11 is 0. The van der Waals surface area contributed by atoms with Crippen LogP contribution in [0.4, 0.5) is 0 Å². The van der Waals surface area contributed by atoms with Gasteiger partial charge in [0.1, 0.15) is 19.3 Å². The summed E-state index contributed by atoms with van der Waals surface area (Å²) in [7, 11) is 5.87. The van der Waals surface area contributed by atoms with Crippen LogP contribution in [0.5, 0.6) is 0 Å². The van der Waals surface area contributed by atoms with E-state index in [1.165, 1.54) is 70.6 Å². The summed E-state index contributed by atoms with van der Waals surface area (Å²) in [6, 6.07) is 0. The zero-order valence-electron chi connectivity index (χ0n) is 36.0. The Bertz CT molecular complexity index is 1130. The number of aliphatic hydroxyl groups excluding tert-OH is 1. The zero-order chi connectivity index (χ0) is 41.2. The second kappa shape index (κ2) is 40.2. The topological polar surface area (TPSA) is 105 Å². The summed E-state index contributed by atoms with van der Waals surface area (Å²) in [5.41, 5.74) is 0. The number of carboxylic acids is 1. The number of quaternary nitrogens is 1. The Morgan fingerprint density at radius 2 is 0.946 bits per heavy atom. The molecule has 0 aromatic heterocycles. The summed E-state index contributed by atoms with van der Waals surface area (Å²) in [5, 5.41) is 21.2. The molecule has 2 unspecified atom stereocenters. The van der Waals surface area contributed by atoms with Gasteiger partial charge in [-0.3, -0.25) is 4.79 Å². The number of carbonyl (C=O) groups excluding carboxylic acids is 2. The maximum Gasteiger partial charge on any atom is 0.305 e. The fourth-order valence-electron chi connectivity index (χ4n) is 5.51. The molecule has 0 amide bonds. The molecule has 0 rings (SSSR count). The summed E-state index contributed by atoms with van der Waals surface area (Å²) in [6.07, 6.45) is 53.3. The number of esters is 1. The lowest BCUT2D eigenvalue weighted by Crippen LogP contribution is -2.44. The largest absolute Gasteiger partial charge is 0.545 e. The molecule has 0 heterocycles. The van der Waals surface area contributed by atoms with Crippen LogP contribution < -0.4 is 5.11 Å². The van der Waals surface area contributed by atoms with E-state index in [-0.39, 0.29) is 25.8 Å². The molecule has 0 aliphatic carbocycles. The number of carbonyl (C=O) groups is 2. The van der Waals surface area contributed by atoms with Gasteiger partial charge >= 0.3 is 5.97 Å². The molecule has 0 aromatic carbocycles. The van der Waals surface area contributed by atoms with Crippen LogP contribution >= 0.6 is 0 Å². The molecule has 320 valence electrons. The van der Waals surface area contributed by atoms with Crippen LogP contribution in [0, 0.1) is 0 Å². The average molecular weight is 784 g/mol. The van der Waals surface area contributed by atoms with Gasteiger partial charge in [-0.25, -0.2) is 0 Å². The molecule has 0 saturated heterocycles. The standard InChI is InChI=1S/C48H81NO7/c1-5-6-7-8-9-10-11-12-13-14-15-16-17-18-19-20-21-22-23-24-25-26-27-28-29-30-31-32-33-34-35-36-37-38-39-40-46(51)55-43-45(50)44-56-48(47(52)53)54-42-41-49(2,3)4/h6-7,9-10,12-13,15-16,18-19,21-22,24-25,45,48,50H,5,8,11,14,17,20,23,26-44H2,1-4H3/b7-6-,10-9-,13-12-,16-15-,19-18-,22-21-,25-24-. The first-order valence-electron chi connectivity index (χ1n) is 21.8. The molecular formula is C48H81NO7. The van der Waals surface area contributed by atoms with E-state index in [1.54, 1.807) is 0 Å². The van der Waals surface area contributed by atoms with Crippen LogP contribution in [0.2, 0.25) is 0 Å². The zero-order valence-corrected chi connectivity index (χ0v) is 36.0. The highest BCUT2D eigenvalue weighted by atomic mass is 16.7. The summed E-state index contributed by atoms with van der Waals surface area (Å²) in [5.74, 6) is -1.88. The quantitative estimate of drug-likeness (QED) is 0.0218. The number of likely N-dealkylation sites (N-methyl/N-ethyl adjacent to an activating group) is 1. The number of hydrogen-bond acceptors (Lipinski definition) is 7. The van der Waals surface area contributed by atoms with Crippen molar-refractivity contribution in [1.82, 2.24) is 0 Å². The third-order valence-electron chi connectivity index (χ3n) is 8.89. The van der Waals surface area contributed by atoms with E-state index >= 15 is 0 Å². The molecule has 0 saturated carbocycles. The van der Waals surface area contributed by atoms with Crippen LogP contribution in [0.25, 0.3) is 0 Å². The third kappa shape index (κ3) is 42.1. The second-order valence-corrected chi connectivity index (χ2v) is 15.5. The third-order valence-corrected chi connectivity index (χ3v) is 8.89. The van der Waals surface area contributed by atoms with Gasteiger partial charge in [0.05, 0.1) is 40.3 Å². The van der Waals surface area contributed by atoms with Gasteiger partial charge in [0.25, 0.3) is 0 Å². The molecule has 8 nitrogen and oxygen atoms in total. The molecule has 1 N–H and O–H groups in total. The van der Waals surface area contributed by atoms with Crippen LogP contribution in [-0.4, -0.2) is 81.4 Å². The van der Waals surface area contributed by atoms with Gasteiger partial charge in [-0.1, -0.05) is 163 Å². The van der Waals surface area contributed by atoms with E-state index < -0.39 is 18.4 Å². The molecule has 0 spiro atoms. The molecule has 0 fully saturated rings. The van der Waals surface area contributed by atoms with Crippen LogP contribution in [0.1, 0.15) is 148 Å². The van der Waals surface area contributed by atoms with E-state index in [4.69, 9.17) is 14.2 Å². The van der Waals surface area contributed by atoms with Crippen molar-refractivity contribution < 1.29 is 38.5 Å². The normalized spacial score (nSPS) is 13.9. The fourth-order valence-corrected chi connectivity index (χ4v) is 5.51. The SMILES string of the molecule is CC/C=C\C/C=C\C/C=C\C/C=C\C/C=C\C/C=C\C/C=C\CCCCCCCCCCCCCCCC(=O)OCC(O)COC(OCC[N+](C)(C)C)C(=O)[O-]. The van der Waals surface area contributed by atoms with Gasteiger partial charge < -0.3 is 33.7 Å². The molecular weight excluding hydrogens is 703 g/mol. The number of ether oxygens (including phenoxy) is 3. The van der Waals surface area contributed by atoms with Gasteiger partial charge in [-0.15, -0.1) is 0 Å². The molecule has 0 bridgehead atoms. The van der Waals surface area contributed by atoms with Gasteiger partial charge in [-0.2, -0.15) is 0 Å². The maximum absolute atomic E-state index is 12.0. The Balaban J connectivity index is 3.52. The first-order chi connectivity index (χ1) is 27.2. The first-order valence-corrected chi connectivity index (χ1v) is 21.8. The summed E-state index contributed by atoms with van der Waals surface area (Å²) < 4.78 is 16.0. The highest BCUT2D eigenvalue weighted by Crippen LogP contribution is 2.14. The lowest BCUT2D eigenvalue weighted by atomic mass is 10.0. The minimum atomic E-state index is -1.58. The Hall–Kier alpha value is -3.04. The van der Waals surface area contributed by atoms with E-state index in [1.807, 2.05) is 21.1 Å². The van der Waals surface area contributed by atoms with Crippen molar-refractivity contribution in [3.8, 4) is 0 Å². The Kier molecular flexibility index (Phi) is 38.0. The minimum Gasteiger partial charge on any atom is -0.545 e. The molecule has 0 aliphatic heterocycles. The number of aliphatic hydroxyl groups is 1. The molecule has 0 radical (unpaired) electrons. The van der Waals surface area contributed by atoms with Crippen molar-refractivity contribution in [3.05, 3.63) is 85.1 Å².